The minimum absolute atomic E-state index is 0.00206. The van der Waals surface area contributed by atoms with E-state index in [1.54, 1.807) is 18.2 Å². The Morgan fingerprint density at radius 1 is 0.889 bits per heavy atom. The van der Waals surface area contributed by atoms with E-state index in [-0.39, 0.29) is 17.1 Å². The first-order valence-corrected chi connectivity index (χ1v) is 9.16. The van der Waals surface area contributed by atoms with Gasteiger partial charge in [0.15, 0.2) is 0 Å². The van der Waals surface area contributed by atoms with Gasteiger partial charge in [0.2, 0.25) is 0 Å². The standard InChI is InChI=1S/C24H25NO2/c1-24(2,17-25-23(27)21-14-8-9-15-22(21)26)16-19-12-6-7-13-20(19)18-10-4-3-5-11-18/h3-15,26H,16-17H2,1-2H3,(H,25,27). The van der Waals surface area contributed by atoms with Crippen molar-refractivity contribution < 1.29 is 9.90 Å². The molecule has 3 heteroatoms. The molecule has 0 saturated carbocycles. The van der Waals surface area contributed by atoms with E-state index >= 15 is 0 Å². The first-order valence-electron chi connectivity index (χ1n) is 9.16. The number of para-hydroxylation sites is 1. The highest BCUT2D eigenvalue weighted by Crippen LogP contribution is 2.29. The van der Waals surface area contributed by atoms with Crippen molar-refractivity contribution >= 4 is 5.91 Å². The lowest BCUT2D eigenvalue weighted by Crippen LogP contribution is -2.35. The van der Waals surface area contributed by atoms with Crippen LogP contribution in [0.15, 0.2) is 78.9 Å². The number of phenolic OH excluding ortho intramolecular Hbond substituents is 1. The molecule has 0 unspecified atom stereocenters. The van der Waals surface area contributed by atoms with Crippen LogP contribution in [0.3, 0.4) is 0 Å². The van der Waals surface area contributed by atoms with Gasteiger partial charge < -0.3 is 10.4 Å². The van der Waals surface area contributed by atoms with Crippen LogP contribution in [0.4, 0.5) is 0 Å². The Labute approximate surface area is 160 Å². The van der Waals surface area contributed by atoms with Crippen molar-refractivity contribution in [2.75, 3.05) is 6.54 Å². The van der Waals surface area contributed by atoms with Crippen molar-refractivity contribution in [1.82, 2.24) is 5.32 Å². The van der Waals surface area contributed by atoms with E-state index in [1.165, 1.54) is 22.8 Å². The molecule has 0 spiro atoms. The molecule has 0 fully saturated rings. The average Bonchev–Trinajstić information content (AvgIpc) is 2.67. The third kappa shape index (κ3) is 4.76. The zero-order valence-electron chi connectivity index (χ0n) is 15.8. The van der Waals surface area contributed by atoms with E-state index < -0.39 is 0 Å². The second-order valence-corrected chi connectivity index (χ2v) is 7.56. The van der Waals surface area contributed by atoms with Crippen molar-refractivity contribution in [3.05, 3.63) is 90.0 Å². The number of amides is 1. The number of benzene rings is 3. The molecular formula is C24H25NO2. The van der Waals surface area contributed by atoms with Crippen LogP contribution >= 0.6 is 0 Å². The molecule has 3 aromatic carbocycles. The second-order valence-electron chi connectivity index (χ2n) is 7.56. The predicted molar refractivity (Wildman–Crippen MR) is 110 cm³/mol. The van der Waals surface area contributed by atoms with E-state index in [4.69, 9.17) is 0 Å². The van der Waals surface area contributed by atoms with Gasteiger partial charge in [-0.05, 0) is 40.7 Å². The lowest BCUT2D eigenvalue weighted by atomic mass is 9.83. The van der Waals surface area contributed by atoms with Crippen LogP contribution in [0.5, 0.6) is 5.75 Å². The van der Waals surface area contributed by atoms with Crippen LogP contribution < -0.4 is 5.32 Å². The Bertz CT molecular complexity index is 916. The number of carbonyl (C=O) groups excluding carboxylic acids is 1. The lowest BCUT2D eigenvalue weighted by Gasteiger charge is -2.26. The molecule has 0 radical (unpaired) electrons. The summed E-state index contributed by atoms with van der Waals surface area (Å²) in [6.07, 6.45) is 0.832. The van der Waals surface area contributed by atoms with Gasteiger partial charge in [-0.25, -0.2) is 0 Å². The van der Waals surface area contributed by atoms with Gasteiger partial charge in [0.05, 0.1) is 5.56 Å². The third-order valence-corrected chi connectivity index (χ3v) is 4.65. The topological polar surface area (TPSA) is 49.3 Å². The van der Waals surface area contributed by atoms with Crippen molar-refractivity contribution in [3.63, 3.8) is 0 Å². The van der Waals surface area contributed by atoms with E-state index in [2.05, 4.69) is 55.6 Å². The molecule has 0 heterocycles. The zero-order chi connectivity index (χ0) is 19.3. The van der Waals surface area contributed by atoms with Crippen LogP contribution in [-0.4, -0.2) is 17.6 Å². The SMILES string of the molecule is CC(C)(CNC(=O)c1ccccc1O)Cc1ccccc1-c1ccccc1. The Balaban J connectivity index is 1.72. The molecular weight excluding hydrogens is 334 g/mol. The smallest absolute Gasteiger partial charge is 0.255 e. The highest BCUT2D eigenvalue weighted by atomic mass is 16.3. The van der Waals surface area contributed by atoms with Gasteiger partial charge in [0, 0.05) is 6.54 Å². The fourth-order valence-corrected chi connectivity index (χ4v) is 3.23. The number of carbonyl (C=O) groups is 1. The summed E-state index contributed by atoms with van der Waals surface area (Å²) < 4.78 is 0. The number of hydrogen-bond acceptors (Lipinski definition) is 2. The summed E-state index contributed by atoms with van der Waals surface area (Å²) in [5, 5.41) is 12.8. The minimum Gasteiger partial charge on any atom is -0.507 e. The molecule has 0 bridgehead atoms. The second kappa shape index (κ2) is 8.09. The normalized spacial score (nSPS) is 11.2. The maximum Gasteiger partial charge on any atom is 0.255 e. The van der Waals surface area contributed by atoms with Gasteiger partial charge in [0.25, 0.3) is 5.91 Å². The first-order chi connectivity index (χ1) is 13.0. The highest BCUT2D eigenvalue weighted by molar-refractivity contribution is 5.96. The molecule has 3 rings (SSSR count). The molecule has 0 aromatic heterocycles. The van der Waals surface area contributed by atoms with Crippen LogP contribution in [-0.2, 0) is 6.42 Å². The Morgan fingerprint density at radius 3 is 2.26 bits per heavy atom. The van der Waals surface area contributed by atoms with Gasteiger partial charge in [-0.2, -0.15) is 0 Å². The zero-order valence-corrected chi connectivity index (χ0v) is 15.8. The molecule has 0 aliphatic heterocycles. The van der Waals surface area contributed by atoms with Crippen LogP contribution in [0, 0.1) is 5.41 Å². The molecule has 0 saturated heterocycles. The molecule has 27 heavy (non-hydrogen) atoms. The maximum absolute atomic E-state index is 12.4. The molecule has 0 aliphatic carbocycles. The van der Waals surface area contributed by atoms with Crippen molar-refractivity contribution in [3.8, 4) is 16.9 Å². The van der Waals surface area contributed by atoms with Crippen LogP contribution in [0.1, 0.15) is 29.8 Å². The van der Waals surface area contributed by atoms with E-state index in [0.29, 0.717) is 12.1 Å². The predicted octanol–water partition coefficient (Wildman–Crippen LogP) is 5.06. The molecule has 3 nitrogen and oxygen atoms in total. The Hall–Kier alpha value is -3.07. The Morgan fingerprint density at radius 2 is 1.52 bits per heavy atom. The lowest BCUT2D eigenvalue weighted by molar-refractivity contribution is 0.0933. The number of aromatic hydroxyl groups is 1. The molecule has 0 atom stereocenters. The fourth-order valence-electron chi connectivity index (χ4n) is 3.23. The summed E-state index contributed by atoms with van der Waals surface area (Å²) in [5.41, 5.74) is 3.84. The summed E-state index contributed by atoms with van der Waals surface area (Å²) in [6, 6.07) is 25.3. The average molecular weight is 359 g/mol. The third-order valence-electron chi connectivity index (χ3n) is 4.65. The number of nitrogens with one attached hydrogen (secondary N) is 1. The molecule has 138 valence electrons. The number of hydrogen-bond donors (Lipinski definition) is 2. The van der Waals surface area contributed by atoms with Crippen molar-refractivity contribution in [1.29, 1.82) is 0 Å². The quantitative estimate of drug-likeness (QED) is 0.646. The summed E-state index contributed by atoms with van der Waals surface area (Å²) in [7, 11) is 0. The first kappa shape index (κ1) is 18.7. The van der Waals surface area contributed by atoms with E-state index in [9.17, 15) is 9.90 Å². The minimum atomic E-state index is -0.252. The summed E-state index contributed by atoms with van der Waals surface area (Å²) in [4.78, 5) is 12.4. The highest BCUT2D eigenvalue weighted by Gasteiger charge is 2.22. The molecule has 2 N–H and O–H groups in total. The van der Waals surface area contributed by atoms with Gasteiger partial charge in [-0.1, -0.05) is 80.6 Å². The molecule has 0 aliphatic rings. The van der Waals surface area contributed by atoms with Crippen molar-refractivity contribution in [2.45, 2.75) is 20.3 Å². The van der Waals surface area contributed by atoms with Gasteiger partial charge in [-0.15, -0.1) is 0 Å². The van der Waals surface area contributed by atoms with Gasteiger partial charge in [0.1, 0.15) is 5.75 Å². The monoisotopic (exact) mass is 359 g/mol. The molecule has 1 amide bonds. The maximum atomic E-state index is 12.4. The van der Waals surface area contributed by atoms with Crippen LogP contribution in [0.25, 0.3) is 11.1 Å². The van der Waals surface area contributed by atoms with Gasteiger partial charge >= 0.3 is 0 Å². The summed E-state index contributed by atoms with van der Waals surface area (Å²) in [5.74, 6) is -0.250. The summed E-state index contributed by atoms with van der Waals surface area (Å²) in [6.45, 7) is 4.79. The Kier molecular flexibility index (Phi) is 5.60. The molecule has 3 aromatic rings. The van der Waals surface area contributed by atoms with Crippen molar-refractivity contribution in [2.24, 2.45) is 5.41 Å². The summed E-state index contributed by atoms with van der Waals surface area (Å²) >= 11 is 0. The van der Waals surface area contributed by atoms with E-state index in [1.807, 2.05) is 18.2 Å². The fraction of sp³-hybridized carbons (Fsp3) is 0.208. The van der Waals surface area contributed by atoms with Gasteiger partial charge in [-0.3, -0.25) is 4.79 Å². The van der Waals surface area contributed by atoms with Crippen LogP contribution in [0.2, 0.25) is 0 Å². The number of rotatable bonds is 6. The largest absolute Gasteiger partial charge is 0.507 e. The number of phenols is 1. The van der Waals surface area contributed by atoms with E-state index in [0.717, 1.165) is 6.42 Å².